The quantitative estimate of drug-likeness (QED) is 0.899. The van der Waals surface area contributed by atoms with Crippen molar-refractivity contribution in [3.05, 3.63) is 34.9 Å². The van der Waals surface area contributed by atoms with E-state index in [0.29, 0.717) is 16.9 Å². The molecular weight excluding hydrogens is 272 g/mol. The van der Waals surface area contributed by atoms with E-state index in [2.05, 4.69) is 10.6 Å². The first-order valence-corrected chi connectivity index (χ1v) is 7.82. The molecule has 0 spiro atoms. The third-order valence-corrected chi connectivity index (χ3v) is 4.97. The van der Waals surface area contributed by atoms with Crippen molar-refractivity contribution < 1.29 is 4.79 Å². The number of carbonyl (C=O) groups is 1. The molecule has 4 atom stereocenters. The average Bonchev–Trinajstić information content (AvgIpc) is 3.00. The number of fused-ring (bicyclic) bond motifs is 1. The molecule has 0 bridgehead atoms. The van der Waals surface area contributed by atoms with Crippen LogP contribution in [0.1, 0.15) is 37.8 Å². The molecular formula is C16H21ClN2O. The van der Waals surface area contributed by atoms with Gasteiger partial charge in [0, 0.05) is 5.02 Å². The topological polar surface area (TPSA) is 41.1 Å². The zero-order chi connectivity index (χ0) is 14.1. The molecule has 1 aromatic carbocycles. The number of halogens is 1. The van der Waals surface area contributed by atoms with Gasteiger partial charge in [-0.25, -0.2) is 0 Å². The number of hydrogen-bond donors (Lipinski definition) is 2. The van der Waals surface area contributed by atoms with Gasteiger partial charge in [0.2, 0.25) is 5.91 Å². The smallest absolute Gasteiger partial charge is 0.237 e. The van der Waals surface area contributed by atoms with Crippen LogP contribution in [0.5, 0.6) is 0 Å². The highest BCUT2D eigenvalue weighted by Crippen LogP contribution is 2.37. The Morgan fingerprint density at radius 2 is 2.30 bits per heavy atom. The third kappa shape index (κ3) is 2.70. The Labute approximate surface area is 125 Å². The van der Waals surface area contributed by atoms with Gasteiger partial charge in [-0.2, -0.15) is 0 Å². The second-order valence-electron chi connectivity index (χ2n) is 6.03. The maximum atomic E-state index is 12.5. The molecule has 1 saturated heterocycles. The van der Waals surface area contributed by atoms with Crippen molar-refractivity contribution in [1.29, 1.82) is 0 Å². The minimum atomic E-state index is -0.0107. The first-order chi connectivity index (χ1) is 9.65. The summed E-state index contributed by atoms with van der Waals surface area (Å²) in [5.74, 6) is 1.36. The monoisotopic (exact) mass is 292 g/mol. The van der Waals surface area contributed by atoms with E-state index in [-0.39, 0.29) is 18.0 Å². The van der Waals surface area contributed by atoms with Crippen LogP contribution < -0.4 is 10.6 Å². The van der Waals surface area contributed by atoms with E-state index in [9.17, 15) is 4.79 Å². The van der Waals surface area contributed by atoms with Crippen molar-refractivity contribution in [3.8, 4) is 0 Å². The van der Waals surface area contributed by atoms with Gasteiger partial charge < -0.3 is 10.6 Å². The van der Waals surface area contributed by atoms with Gasteiger partial charge in [0.1, 0.15) is 0 Å². The van der Waals surface area contributed by atoms with Crippen molar-refractivity contribution in [3.63, 3.8) is 0 Å². The summed E-state index contributed by atoms with van der Waals surface area (Å²) < 4.78 is 0. The fraction of sp³-hybridized carbons (Fsp3) is 0.562. The molecule has 1 aliphatic carbocycles. The maximum Gasteiger partial charge on any atom is 0.237 e. The highest BCUT2D eigenvalue weighted by atomic mass is 35.5. The van der Waals surface area contributed by atoms with Crippen LogP contribution in [0, 0.1) is 11.8 Å². The van der Waals surface area contributed by atoms with E-state index < -0.39 is 0 Å². The number of nitrogens with one attached hydrogen (secondary N) is 2. The number of carbonyl (C=O) groups excluding carboxylic acids is 1. The Morgan fingerprint density at radius 3 is 3.10 bits per heavy atom. The number of rotatable bonds is 3. The molecule has 2 N–H and O–H groups in total. The van der Waals surface area contributed by atoms with E-state index in [0.717, 1.165) is 12.1 Å². The summed E-state index contributed by atoms with van der Waals surface area (Å²) in [6.07, 6.45) is 3.72. The van der Waals surface area contributed by atoms with Gasteiger partial charge in [-0.15, -0.1) is 0 Å². The summed E-state index contributed by atoms with van der Waals surface area (Å²) in [6.45, 7) is 3.00. The lowest BCUT2D eigenvalue weighted by Gasteiger charge is -2.21. The molecule has 4 heteroatoms. The van der Waals surface area contributed by atoms with Gasteiger partial charge in [0.05, 0.1) is 12.1 Å². The fourth-order valence-corrected chi connectivity index (χ4v) is 3.84. The fourth-order valence-electron chi connectivity index (χ4n) is 3.64. The molecule has 20 heavy (non-hydrogen) atoms. The van der Waals surface area contributed by atoms with Crippen LogP contribution in [0.25, 0.3) is 0 Å². The minimum Gasteiger partial charge on any atom is -0.348 e. The second-order valence-corrected chi connectivity index (χ2v) is 6.46. The zero-order valence-electron chi connectivity index (χ0n) is 11.7. The van der Waals surface area contributed by atoms with Crippen LogP contribution in [0.15, 0.2) is 24.3 Å². The van der Waals surface area contributed by atoms with Crippen molar-refractivity contribution in [2.75, 3.05) is 6.54 Å². The van der Waals surface area contributed by atoms with Crippen LogP contribution in [0.2, 0.25) is 5.02 Å². The van der Waals surface area contributed by atoms with Crippen molar-refractivity contribution in [2.45, 2.75) is 38.3 Å². The van der Waals surface area contributed by atoms with Crippen LogP contribution >= 0.6 is 11.6 Å². The Morgan fingerprint density at radius 1 is 1.45 bits per heavy atom. The summed E-state index contributed by atoms with van der Waals surface area (Å²) in [6, 6.07) is 7.65. The van der Waals surface area contributed by atoms with E-state index in [1.54, 1.807) is 0 Å². The third-order valence-electron chi connectivity index (χ3n) is 4.74. The SMILES string of the molecule is CC(NC(=O)C1NCC2CCCC21)c1cccc(Cl)c1. The van der Waals surface area contributed by atoms with E-state index in [4.69, 9.17) is 11.6 Å². The maximum absolute atomic E-state index is 12.5. The van der Waals surface area contributed by atoms with Crippen LogP contribution in [0.4, 0.5) is 0 Å². The second kappa shape index (κ2) is 5.74. The highest BCUT2D eigenvalue weighted by Gasteiger charge is 2.42. The summed E-state index contributed by atoms with van der Waals surface area (Å²) in [7, 11) is 0. The lowest BCUT2D eigenvalue weighted by atomic mass is 9.93. The molecule has 0 aromatic heterocycles. The van der Waals surface area contributed by atoms with Crippen molar-refractivity contribution >= 4 is 17.5 Å². The Bertz CT molecular complexity index is 505. The molecule has 3 rings (SSSR count). The lowest BCUT2D eigenvalue weighted by molar-refractivity contribution is -0.124. The molecule has 108 valence electrons. The molecule has 2 fully saturated rings. The van der Waals surface area contributed by atoms with Gasteiger partial charge >= 0.3 is 0 Å². The zero-order valence-corrected chi connectivity index (χ0v) is 12.5. The molecule has 1 amide bonds. The summed E-state index contributed by atoms with van der Waals surface area (Å²) in [4.78, 5) is 12.5. The predicted octanol–water partition coefficient (Wildman–Crippen LogP) is 2.91. The Hall–Kier alpha value is -1.06. The summed E-state index contributed by atoms with van der Waals surface area (Å²) in [5.41, 5.74) is 1.05. The summed E-state index contributed by atoms with van der Waals surface area (Å²) >= 11 is 6.00. The van der Waals surface area contributed by atoms with Crippen molar-refractivity contribution in [2.24, 2.45) is 11.8 Å². The van der Waals surface area contributed by atoms with Crippen LogP contribution in [-0.4, -0.2) is 18.5 Å². The van der Waals surface area contributed by atoms with E-state index >= 15 is 0 Å². The van der Waals surface area contributed by atoms with Gasteiger partial charge in [-0.1, -0.05) is 30.2 Å². The Kier molecular flexibility index (Phi) is 3.99. The molecule has 2 aliphatic rings. The van der Waals surface area contributed by atoms with Gasteiger partial charge in [-0.05, 0) is 55.8 Å². The molecule has 1 aliphatic heterocycles. The molecule has 0 radical (unpaired) electrons. The first kappa shape index (κ1) is 13.9. The minimum absolute atomic E-state index is 0.0101. The normalized spacial score (nSPS) is 30.0. The molecule has 4 unspecified atom stereocenters. The number of benzene rings is 1. The first-order valence-electron chi connectivity index (χ1n) is 7.44. The van der Waals surface area contributed by atoms with E-state index in [1.807, 2.05) is 31.2 Å². The molecule has 1 heterocycles. The Balaban J connectivity index is 1.64. The largest absolute Gasteiger partial charge is 0.348 e. The molecule has 3 nitrogen and oxygen atoms in total. The number of hydrogen-bond acceptors (Lipinski definition) is 2. The molecule has 1 aromatic rings. The average molecular weight is 293 g/mol. The number of amides is 1. The predicted molar refractivity (Wildman–Crippen MR) is 80.6 cm³/mol. The van der Waals surface area contributed by atoms with Gasteiger partial charge in [-0.3, -0.25) is 4.79 Å². The van der Waals surface area contributed by atoms with Crippen molar-refractivity contribution in [1.82, 2.24) is 10.6 Å². The van der Waals surface area contributed by atoms with Gasteiger partial charge in [0.15, 0.2) is 0 Å². The van der Waals surface area contributed by atoms with Crippen LogP contribution in [0.3, 0.4) is 0 Å². The summed E-state index contributed by atoms with van der Waals surface area (Å²) in [5, 5.41) is 7.21. The van der Waals surface area contributed by atoms with Gasteiger partial charge in [0.25, 0.3) is 0 Å². The lowest BCUT2D eigenvalue weighted by Crippen LogP contribution is -2.44. The molecule has 1 saturated carbocycles. The van der Waals surface area contributed by atoms with E-state index in [1.165, 1.54) is 19.3 Å². The van der Waals surface area contributed by atoms with Crippen LogP contribution in [-0.2, 0) is 4.79 Å². The highest BCUT2D eigenvalue weighted by molar-refractivity contribution is 6.30. The standard InChI is InChI=1S/C16H21ClN2O/c1-10(11-4-2-6-13(17)8-11)19-16(20)15-14-7-3-5-12(14)9-18-15/h2,4,6,8,10,12,14-15,18H,3,5,7,9H2,1H3,(H,19,20).